The molecule has 8 nitrogen and oxygen atoms in total. The first-order valence-electron chi connectivity index (χ1n) is 10.5. The van der Waals surface area contributed by atoms with Crippen molar-refractivity contribution in [3.63, 3.8) is 0 Å². The molecule has 1 heterocycles. The number of hydrogen-bond donors (Lipinski definition) is 0. The number of nitrogens with zero attached hydrogens (tertiary/aromatic N) is 2. The quantitative estimate of drug-likeness (QED) is 0.210. The number of hydrogen-bond acceptors (Lipinski definition) is 7. The van der Waals surface area contributed by atoms with Gasteiger partial charge in [-0.25, -0.2) is 9.79 Å². The van der Waals surface area contributed by atoms with Crippen molar-refractivity contribution in [1.82, 2.24) is 0 Å². The Kier molecular flexibility index (Phi) is 6.40. The topological polar surface area (TPSA) is 100 Å². The van der Waals surface area contributed by atoms with Crippen LogP contribution in [-0.4, -0.2) is 23.9 Å². The zero-order valence-electron chi connectivity index (χ0n) is 18.9. The van der Waals surface area contributed by atoms with Crippen molar-refractivity contribution < 1.29 is 23.9 Å². The number of nitro benzene ring substituents is 1. The number of aliphatic imine (C=N–C) groups is 1. The molecule has 0 bridgehead atoms. The summed E-state index contributed by atoms with van der Waals surface area (Å²) in [6, 6.07) is 17.8. The molecule has 1 aliphatic rings. The Morgan fingerprint density at radius 3 is 2.62 bits per heavy atom. The van der Waals surface area contributed by atoms with Crippen molar-refractivity contribution in [2.45, 2.75) is 20.5 Å². The van der Waals surface area contributed by atoms with Crippen LogP contribution in [0.1, 0.15) is 27.8 Å². The van der Waals surface area contributed by atoms with Crippen molar-refractivity contribution in [1.29, 1.82) is 0 Å². The molecule has 0 saturated heterocycles. The number of aryl methyl sites for hydroxylation is 2. The Balaban J connectivity index is 1.67. The molecule has 0 radical (unpaired) electrons. The predicted molar refractivity (Wildman–Crippen MR) is 127 cm³/mol. The van der Waals surface area contributed by atoms with Gasteiger partial charge < -0.3 is 14.2 Å². The van der Waals surface area contributed by atoms with E-state index in [2.05, 4.69) is 4.99 Å². The molecule has 0 aromatic heterocycles. The molecule has 34 heavy (non-hydrogen) atoms. The highest BCUT2D eigenvalue weighted by molar-refractivity contribution is 6.13. The number of carbonyl (C=O) groups is 1. The molecule has 0 N–H and O–H groups in total. The maximum absolute atomic E-state index is 12.5. The SMILES string of the molecule is COc1cccc(/C=C2\N=C(c3ccc(C)c([N+](=O)[O-])c3)OC2=O)c1OCc1cccc(C)c1. The smallest absolute Gasteiger partial charge is 0.363 e. The van der Waals surface area contributed by atoms with Gasteiger partial charge >= 0.3 is 5.97 Å². The largest absolute Gasteiger partial charge is 0.493 e. The van der Waals surface area contributed by atoms with E-state index in [1.165, 1.54) is 13.2 Å². The third-order valence-electron chi connectivity index (χ3n) is 5.26. The number of ether oxygens (including phenoxy) is 3. The minimum absolute atomic E-state index is 0.00414. The number of rotatable bonds is 7. The molecule has 0 atom stereocenters. The number of cyclic esters (lactones) is 1. The molecule has 172 valence electrons. The van der Waals surface area contributed by atoms with Crippen LogP contribution in [0.4, 0.5) is 5.69 Å². The number of methoxy groups -OCH3 is 1. The predicted octanol–water partition coefficient (Wildman–Crippen LogP) is 5.14. The summed E-state index contributed by atoms with van der Waals surface area (Å²) in [7, 11) is 1.54. The van der Waals surface area contributed by atoms with Gasteiger partial charge in [0.1, 0.15) is 6.61 Å². The summed E-state index contributed by atoms with van der Waals surface area (Å²) in [5.41, 5.74) is 3.51. The fourth-order valence-corrected chi connectivity index (χ4v) is 3.54. The molecule has 0 unspecified atom stereocenters. The number of para-hydroxylation sites is 1. The summed E-state index contributed by atoms with van der Waals surface area (Å²) in [5, 5.41) is 11.3. The van der Waals surface area contributed by atoms with Crippen LogP contribution in [0.3, 0.4) is 0 Å². The van der Waals surface area contributed by atoms with E-state index in [-0.39, 0.29) is 17.3 Å². The number of benzene rings is 3. The van der Waals surface area contributed by atoms with Crippen molar-refractivity contribution in [3.05, 3.63) is 104 Å². The molecule has 4 rings (SSSR count). The average molecular weight is 458 g/mol. The standard InChI is InChI=1S/C26H22N2O6/c1-16-6-4-7-18(12-16)15-33-24-19(8-5-9-23(24)32-3)13-21-26(29)34-25(27-21)20-11-10-17(2)22(14-20)28(30)31/h4-14H,15H2,1-3H3/b21-13-. The molecule has 0 fully saturated rings. The van der Waals surface area contributed by atoms with Gasteiger partial charge in [0.25, 0.3) is 5.69 Å². The lowest BCUT2D eigenvalue weighted by atomic mass is 10.1. The summed E-state index contributed by atoms with van der Waals surface area (Å²) < 4.78 is 16.8. The maximum Gasteiger partial charge on any atom is 0.363 e. The van der Waals surface area contributed by atoms with Gasteiger partial charge in [-0.05, 0) is 37.6 Å². The van der Waals surface area contributed by atoms with Gasteiger partial charge in [0.15, 0.2) is 17.2 Å². The summed E-state index contributed by atoms with van der Waals surface area (Å²) in [5.74, 6) is 0.309. The lowest BCUT2D eigenvalue weighted by molar-refractivity contribution is -0.385. The summed E-state index contributed by atoms with van der Waals surface area (Å²) >= 11 is 0. The van der Waals surface area contributed by atoms with Gasteiger partial charge in [0, 0.05) is 22.8 Å². The van der Waals surface area contributed by atoms with Crippen LogP contribution >= 0.6 is 0 Å². The van der Waals surface area contributed by atoms with Crippen molar-refractivity contribution in [2.75, 3.05) is 7.11 Å². The molecule has 0 aliphatic carbocycles. The maximum atomic E-state index is 12.5. The first-order valence-corrected chi connectivity index (χ1v) is 10.5. The van der Waals surface area contributed by atoms with E-state index in [1.54, 1.807) is 43.3 Å². The summed E-state index contributed by atoms with van der Waals surface area (Å²) in [4.78, 5) is 27.6. The molecule has 3 aromatic carbocycles. The van der Waals surface area contributed by atoms with E-state index in [1.807, 2.05) is 31.2 Å². The van der Waals surface area contributed by atoms with E-state index in [0.29, 0.717) is 34.8 Å². The Hall–Kier alpha value is -4.46. The van der Waals surface area contributed by atoms with Gasteiger partial charge in [-0.15, -0.1) is 0 Å². The van der Waals surface area contributed by atoms with Crippen molar-refractivity contribution >= 4 is 23.6 Å². The van der Waals surface area contributed by atoms with E-state index < -0.39 is 10.9 Å². The van der Waals surface area contributed by atoms with Gasteiger partial charge in [-0.2, -0.15) is 0 Å². The van der Waals surface area contributed by atoms with Gasteiger partial charge in [-0.1, -0.05) is 48.0 Å². The third-order valence-corrected chi connectivity index (χ3v) is 5.26. The van der Waals surface area contributed by atoms with E-state index in [9.17, 15) is 14.9 Å². The highest BCUT2D eigenvalue weighted by Gasteiger charge is 2.26. The minimum Gasteiger partial charge on any atom is -0.493 e. The van der Waals surface area contributed by atoms with Crippen molar-refractivity contribution in [3.8, 4) is 11.5 Å². The van der Waals surface area contributed by atoms with Crippen LogP contribution in [-0.2, 0) is 16.1 Å². The van der Waals surface area contributed by atoms with E-state index >= 15 is 0 Å². The third kappa shape index (κ3) is 4.80. The van der Waals surface area contributed by atoms with Crippen LogP contribution in [0.5, 0.6) is 11.5 Å². The summed E-state index contributed by atoms with van der Waals surface area (Å²) in [6.45, 7) is 3.95. The lowest BCUT2D eigenvalue weighted by Crippen LogP contribution is -2.06. The van der Waals surface area contributed by atoms with Crippen LogP contribution in [0.15, 0.2) is 71.4 Å². The molecular formula is C26H22N2O6. The second-order valence-electron chi connectivity index (χ2n) is 7.75. The minimum atomic E-state index is -0.661. The first-order chi connectivity index (χ1) is 16.4. The number of esters is 1. The van der Waals surface area contributed by atoms with E-state index in [4.69, 9.17) is 14.2 Å². The number of nitro groups is 1. The normalized spacial score (nSPS) is 14.0. The highest BCUT2D eigenvalue weighted by atomic mass is 16.6. The van der Waals surface area contributed by atoms with E-state index in [0.717, 1.165) is 11.1 Å². The van der Waals surface area contributed by atoms with Crippen LogP contribution in [0.25, 0.3) is 6.08 Å². The Labute approximate surface area is 196 Å². The van der Waals surface area contributed by atoms with Gasteiger partial charge in [0.05, 0.1) is 12.0 Å². The molecule has 0 saturated carbocycles. The Bertz CT molecular complexity index is 1340. The zero-order chi connectivity index (χ0) is 24.2. The van der Waals surface area contributed by atoms with Crippen LogP contribution in [0.2, 0.25) is 0 Å². The van der Waals surface area contributed by atoms with Gasteiger partial charge in [0.2, 0.25) is 5.90 Å². The molecule has 0 amide bonds. The van der Waals surface area contributed by atoms with Gasteiger partial charge in [-0.3, -0.25) is 10.1 Å². The zero-order valence-corrected chi connectivity index (χ0v) is 18.9. The molecule has 8 heteroatoms. The molecule has 0 spiro atoms. The Morgan fingerprint density at radius 1 is 1.09 bits per heavy atom. The Morgan fingerprint density at radius 2 is 1.88 bits per heavy atom. The average Bonchev–Trinajstić information content (AvgIpc) is 3.18. The van der Waals surface area contributed by atoms with Crippen molar-refractivity contribution in [2.24, 2.45) is 4.99 Å². The van der Waals surface area contributed by atoms with Crippen LogP contribution in [0, 0.1) is 24.0 Å². The lowest BCUT2D eigenvalue weighted by Gasteiger charge is -2.14. The number of carbonyl (C=O) groups excluding carboxylic acids is 1. The molecular weight excluding hydrogens is 436 g/mol. The fraction of sp³-hybridized carbons (Fsp3) is 0.154. The highest BCUT2D eigenvalue weighted by Crippen LogP contribution is 2.34. The molecule has 1 aliphatic heterocycles. The summed E-state index contributed by atoms with van der Waals surface area (Å²) in [6.07, 6.45) is 1.55. The van der Waals surface area contributed by atoms with Crippen LogP contribution < -0.4 is 9.47 Å². The molecule has 3 aromatic rings. The first kappa shape index (κ1) is 22.7. The monoisotopic (exact) mass is 458 g/mol. The fourth-order valence-electron chi connectivity index (χ4n) is 3.54. The second kappa shape index (κ2) is 9.58. The second-order valence-corrected chi connectivity index (χ2v) is 7.75.